The van der Waals surface area contributed by atoms with Gasteiger partial charge in [-0.15, -0.1) is 0 Å². The van der Waals surface area contributed by atoms with Crippen LogP contribution in [0, 0.1) is 0 Å². The summed E-state index contributed by atoms with van der Waals surface area (Å²) in [5.74, 6) is 0. The third-order valence-electron chi connectivity index (χ3n) is 2.69. The summed E-state index contributed by atoms with van der Waals surface area (Å²) < 4.78 is 0. The zero-order valence-corrected chi connectivity index (χ0v) is 7.72. The predicted octanol–water partition coefficient (Wildman–Crippen LogP) is 1.60. The zero-order chi connectivity index (χ0) is 8.55. The van der Waals surface area contributed by atoms with Gasteiger partial charge in [-0.2, -0.15) is 0 Å². The van der Waals surface area contributed by atoms with E-state index >= 15 is 0 Å². The van der Waals surface area contributed by atoms with Gasteiger partial charge in [0.1, 0.15) is 0 Å². The summed E-state index contributed by atoms with van der Waals surface area (Å²) in [5, 5.41) is 2.92. The van der Waals surface area contributed by atoms with Crippen molar-refractivity contribution in [2.75, 3.05) is 0 Å². The lowest BCUT2D eigenvalue weighted by Crippen LogP contribution is -2.26. The molecule has 1 aromatic rings. The molecule has 0 spiro atoms. The highest BCUT2D eigenvalue weighted by atomic mass is 14.1. The number of hydrogen-bond acceptors (Lipinski definition) is 0. The molecule has 0 N–H and O–H groups in total. The average Bonchev–Trinajstić information content (AvgIpc) is 2.48. The molecule has 0 saturated heterocycles. The summed E-state index contributed by atoms with van der Waals surface area (Å²) in [6, 6.07) is 6.61. The Morgan fingerprint density at radius 3 is 2.83 bits per heavy atom. The molecule has 1 aromatic carbocycles. The largest absolute Gasteiger partial charge is 0.0798 e. The third kappa shape index (κ3) is 0.989. The van der Waals surface area contributed by atoms with Gasteiger partial charge in [-0.3, -0.25) is 0 Å². The predicted molar refractivity (Wildman–Crippen MR) is 53.2 cm³/mol. The van der Waals surface area contributed by atoms with Gasteiger partial charge in [-0.05, 0) is 42.7 Å². The molecule has 0 bridgehead atoms. The van der Waals surface area contributed by atoms with Crippen molar-refractivity contribution in [2.24, 2.45) is 0 Å². The molecule has 0 aliphatic heterocycles. The topological polar surface area (TPSA) is 0 Å². The Labute approximate surface area is 73.2 Å². The van der Waals surface area contributed by atoms with Gasteiger partial charge in [0.25, 0.3) is 0 Å². The van der Waals surface area contributed by atoms with E-state index in [1.807, 2.05) is 0 Å². The van der Waals surface area contributed by atoms with Crippen LogP contribution >= 0.6 is 0 Å². The van der Waals surface area contributed by atoms with Gasteiger partial charge >= 0.3 is 0 Å². The van der Waals surface area contributed by atoms with E-state index in [0.29, 0.717) is 0 Å². The van der Waals surface area contributed by atoms with E-state index in [1.54, 1.807) is 5.57 Å². The van der Waals surface area contributed by atoms with Crippen molar-refractivity contribution in [3.05, 3.63) is 34.2 Å². The lowest BCUT2D eigenvalue weighted by atomic mass is 10.1. The van der Waals surface area contributed by atoms with Gasteiger partial charge in [-0.25, -0.2) is 0 Å². The monoisotopic (exact) mass is 158 g/mol. The van der Waals surface area contributed by atoms with Crippen LogP contribution < -0.4 is 10.4 Å². The molecule has 0 saturated carbocycles. The van der Waals surface area contributed by atoms with Gasteiger partial charge < -0.3 is 0 Å². The molecule has 2 rings (SSSR count). The quantitative estimate of drug-likeness (QED) is 0.538. The van der Waals surface area contributed by atoms with Crippen molar-refractivity contribution in [2.45, 2.75) is 26.7 Å². The fourth-order valence-electron chi connectivity index (χ4n) is 2.04. The Kier molecular flexibility index (Phi) is 1.76. The van der Waals surface area contributed by atoms with E-state index in [-0.39, 0.29) is 0 Å². The maximum absolute atomic E-state index is 2.25. The Balaban J connectivity index is 2.93. The highest BCUT2D eigenvalue weighted by Gasteiger charge is 2.07. The highest BCUT2D eigenvalue weighted by molar-refractivity contribution is 5.51. The van der Waals surface area contributed by atoms with E-state index in [9.17, 15) is 0 Å². The van der Waals surface area contributed by atoms with Crippen molar-refractivity contribution < 1.29 is 0 Å². The molecule has 12 heavy (non-hydrogen) atoms. The second kappa shape index (κ2) is 2.78. The molecular weight excluding hydrogens is 144 g/mol. The van der Waals surface area contributed by atoms with Crippen LogP contribution in [0.25, 0.3) is 11.6 Å². The maximum Gasteiger partial charge on any atom is -0.0166 e. The van der Waals surface area contributed by atoms with Crippen LogP contribution in [0.5, 0.6) is 0 Å². The molecule has 0 atom stereocenters. The van der Waals surface area contributed by atoms with Crippen LogP contribution in [-0.4, -0.2) is 0 Å². The minimum atomic E-state index is 1.24. The molecule has 1 aliphatic rings. The van der Waals surface area contributed by atoms with Gasteiger partial charge in [0.2, 0.25) is 0 Å². The van der Waals surface area contributed by atoms with Crippen molar-refractivity contribution in [3.63, 3.8) is 0 Å². The van der Waals surface area contributed by atoms with E-state index in [0.717, 1.165) is 0 Å². The summed E-state index contributed by atoms with van der Waals surface area (Å²) in [6.07, 6.45) is 4.69. The SMILES string of the molecule is C/C=c1/cccc2c1=C(C)CC2. The molecule has 0 fully saturated rings. The van der Waals surface area contributed by atoms with Crippen LogP contribution in [0.3, 0.4) is 0 Å². The van der Waals surface area contributed by atoms with Crippen LogP contribution in [0.15, 0.2) is 18.2 Å². The van der Waals surface area contributed by atoms with Crippen LogP contribution in [0.4, 0.5) is 0 Å². The van der Waals surface area contributed by atoms with E-state index in [2.05, 4.69) is 38.1 Å². The van der Waals surface area contributed by atoms with Crippen LogP contribution in [0.2, 0.25) is 0 Å². The Hall–Kier alpha value is -1.04. The smallest absolute Gasteiger partial charge is 0.0166 e. The van der Waals surface area contributed by atoms with Gasteiger partial charge in [0, 0.05) is 0 Å². The number of fused-ring (bicyclic) bond motifs is 1. The molecule has 0 amide bonds. The highest BCUT2D eigenvalue weighted by Crippen LogP contribution is 2.11. The van der Waals surface area contributed by atoms with Gasteiger partial charge in [0.05, 0.1) is 0 Å². The number of rotatable bonds is 0. The molecule has 0 aromatic heterocycles. The lowest BCUT2D eigenvalue weighted by Gasteiger charge is -1.93. The summed E-state index contributed by atoms with van der Waals surface area (Å²) in [5.41, 5.74) is 3.08. The number of benzene rings is 1. The molecule has 62 valence electrons. The zero-order valence-electron chi connectivity index (χ0n) is 7.72. The summed E-state index contributed by atoms with van der Waals surface area (Å²) in [7, 11) is 0. The Bertz CT molecular complexity index is 410. The van der Waals surface area contributed by atoms with Crippen molar-refractivity contribution in [1.82, 2.24) is 0 Å². The molecule has 0 unspecified atom stereocenters. The standard InChI is InChI=1S/C12H14/c1-3-10-5-4-6-11-8-7-9(2)12(10)11/h3-6H,7-8H2,1-2H3/b10-3-. The van der Waals surface area contributed by atoms with Crippen molar-refractivity contribution in [3.8, 4) is 0 Å². The number of aryl methyl sites for hydroxylation is 1. The first-order valence-electron chi connectivity index (χ1n) is 4.57. The molecule has 0 radical (unpaired) electrons. The number of hydrogen-bond donors (Lipinski definition) is 0. The van der Waals surface area contributed by atoms with Crippen LogP contribution in [-0.2, 0) is 6.42 Å². The normalized spacial score (nSPS) is 16.8. The van der Waals surface area contributed by atoms with E-state index in [1.165, 1.54) is 28.8 Å². The molecular formula is C12H14. The first-order valence-corrected chi connectivity index (χ1v) is 4.57. The minimum Gasteiger partial charge on any atom is -0.0798 e. The minimum absolute atomic E-state index is 1.24. The van der Waals surface area contributed by atoms with Crippen molar-refractivity contribution >= 4 is 11.6 Å². The average molecular weight is 158 g/mol. The maximum atomic E-state index is 2.25. The third-order valence-corrected chi connectivity index (χ3v) is 2.69. The van der Waals surface area contributed by atoms with Gasteiger partial charge in [-0.1, -0.05) is 29.8 Å². The van der Waals surface area contributed by atoms with Crippen molar-refractivity contribution in [1.29, 1.82) is 0 Å². The fourth-order valence-corrected chi connectivity index (χ4v) is 2.04. The second-order valence-electron chi connectivity index (χ2n) is 3.45. The molecule has 1 aliphatic carbocycles. The Morgan fingerprint density at radius 2 is 2.08 bits per heavy atom. The lowest BCUT2D eigenvalue weighted by molar-refractivity contribution is 1.05. The first kappa shape index (κ1) is 7.60. The summed E-state index contributed by atoms with van der Waals surface area (Å²) in [4.78, 5) is 0. The van der Waals surface area contributed by atoms with E-state index < -0.39 is 0 Å². The summed E-state index contributed by atoms with van der Waals surface area (Å²) in [6.45, 7) is 4.36. The first-order chi connectivity index (χ1) is 5.83. The van der Waals surface area contributed by atoms with E-state index in [4.69, 9.17) is 0 Å². The fraction of sp³-hybridized carbons (Fsp3) is 0.333. The molecule has 0 heteroatoms. The summed E-state index contributed by atoms with van der Waals surface area (Å²) >= 11 is 0. The molecule has 0 nitrogen and oxygen atoms in total. The van der Waals surface area contributed by atoms with Crippen LogP contribution in [0.1, 0.15) is 25.8 Å². The van der Waals surface area contributed by atoms with Gasteiger partial charge in [0.15, 0.2) is 0 Å². The Morgan fingerprint density at radius 1 is 1.25 bits per heavy atom. The second-order valence-corrected chi connectivity index (χ2v) is 3.45. The molecule has 0 heterocycles.